The number of ether oxygens (including phenoxy) is 1. The summed E-state index contributed by atoms with van der Waals surface area (Å²) in [6.45, 7) is 3.70. The van der Waals surface area contributed by atoms with Crippen molar-refractivity contribution < 1.29 is 14.3 Å². The van der Waals surface area contributed by atoms with Gasteiger partial charge in [-0.2, -0.15) is 0 Å². The summed E-state index contributed by atoms with van der Waals surface area (Å²) in [5.41, 5.74) is 4.15. The van der Waals surface area contributed by atoms with Gasteiger partial charge >= 0.3 is 6.03 Å². The van der Waals surface area contributed by atoms with Gasteiger partial charge in [0.05, 0.1) is 22.4 Å². The number of urea groups is 1. The van der Waals surface area contributed by atoms with Crippen LogP contribution in [0.3, 0.4) is 0 Å². The van der Waals surface area contributed by atoms with E-state index >= 15 is 0 Å². The molecule has 0 bridgehead atoms. The average molecular weight is 540 g/mol. The number of nitrogens with one attached hydrogen (secondary N) is 3. The molecule has 4 aromatic rings. The molecule has 1 saturated heterocycles. The van der Waals surface area contributed by atoms with Gasteiger partial charge < -0.3 is 20.7 Å². The van der Waals surface area contributed by atoms with Crippen LogP contribution in [0.1, 0.15) is 52.4 Å². The van der Waals surface area contributed by atoms with Gasteiger partial charge in [-0.05, 0) is 86.5 Å². The Labute approximate surface area is 230 Å². The van der Waals surface area contributed by atoms with E-state index < -0.39 is 0 Å². The number of piperidine rings is 1. The molecular weight excluding hydrogens is 510 g/mol. The first kappa shape index (κ1) is 24.1. The maximum Gasteiger partial charge on any atom is 0.331 e. The summed E-state index contributed by atoms with van der Waals surface area (Å²) in [6, 6.07) is 15.6. The second-order valence-corrected chi connectivity index (χ2v) is 11.5. The fraction of sp³-hybridized carbons (Fsp3) is 0.300. The van der Waals surface area contributed by atoms with E-state index in [1.54, 1.807) is 11.1 Å². The highest BCUT2D eigenvalue weighted by atomic mass is 32.1. The van der Waals surface area contributed by atoms with E-state index in [1.165, 1.54) is 29.7 Å². The Morgan fingerprint density at radius 3 is 2.79 bits per heavy atom. The van der Waals surface area contributed by atoms with Crippen molar-refractivity contribution in [1.29, 1.82) is 0 Å². The first-order valence-electron chi connectivity index (χ1n) is 13.5. The average Bonchev–Trinajstić information content (AvgIpc) is 3.72. The Morgan fingerprint density at radius 1 is 1.13 bits per heavy atom. The molecule has 0 radical (unpaired) electrons. The molecule has 198 valence electrons. The molecule has 3 N–H and O–H groups in total. The molecule has 9 heteroatoms. The number of pyridine rings is 1. The zero-order valence-electron chi connectivity index (χ0n) is 21.6. The lowest BCUT2D eigenvalue weighted by molar-refractivity contribution is 0.0935. The Hall–Kier alpha value is -3.95. The summed E-state index contributed by atoms with van der Waals surface area (Å²) in [5, 5.41) is 10.2. The van der Waals surface area contributed by atoms with Crippen molar-refractivity contribution in [3.63, 3.8) is 0 Å². The molecule has 0 spiro atoms. The molecule has 0 unspecified atom stereocenters. The molecule has 3 amide bonds. The first-order valence-corrected chi connectivity index (χ1v) is 14.3. The third kappa shape index (κ3) is 4.41. The third-order valence-corrected chi connectivity index (χ3v) is 8.75. The number of aromatic nitrogens is 1. The van der Waals surface area contributed by atoms with E-state index in [-0.39, 0.29) is 18.0 Å². The highest BCUT2D eigenvalue weighted by molar-refractivity contribution is 7.21. The van der Waals surface area contributed by atoms with Crippen LogP contribution >= 0.6 is 11.3 Å². The van der Waals surface area contributed by atoms with Gasteiger partial charge in [-0.3, -0.25) is 9.69 Å². The Bertz CT molecular complexity index is 1610. The van der Waals surface area contributed by atoms with E-state index in [4.69, 9.17) is 4.74 Å². The van der Waals surface area contributed by atoms with Crippen molar-refractivity contribution in [1.82, 2.24) is 15.6 Å². The highest BCUT2D eigenvalue weighted by Crippen LogP contribution is 2.47. The Balaban J connectivity index is 1.20. The third-order valence-electron chi connectivity index (χ3n) is 7.66. The summed E-state index contributed by atoms with van der Waals surface area (Å²) < 4.78 is 6.29. The molecule has 2 aromatic heterocycles. The van der Waals surface area contributed by atoms with Crippen molar-refractivity contribution in [3.05, 3.63) is 70.7 Å². The highest BCUT2D eigenvalue weighted by Gasteiger charge is 2.34. The number of anilines is 3. The molecule has 7 rings (SSSR count). The fourth-order valence-electron chi connectivity index (χ4n) is 5.58. The predicted octanol–water partition coefficient (Wildman–Crippen LogP) is 6.44. The van der Waals surface area contributed by atoms with Gasteiger partial charge in [0.25, 0.3) is 5.91 Å². The normalized spacial score (nSPS) is 18.6. The monoisotopic (exact) mass is 539 g/mol. The Morgan fingerprint density at radius 2 is 2.00 bits per heavy atom. The zero-order chi connectivity index (χ0) is 26.5. The lowest BCUT2D eigenvalue weighted by Crippen LogP contribution is -2.45. The van der Waals surface area contributed by atoms with Crippen LogP contribution in [-0.2, 0) is 0 Å². The van der Waals surface area contributed by atoms with Crippen LogP contribution in [0.2, 0.25) is 0 Å². The van der Waals surface area contributed by atoms with E-state index in [1.807, 2.05) is 43.3 Å². The van der Waals surface area contributed by atoms with E-state index in [2.05, 4.69) is 33.1 Å². The molecular formula is C30H29N5O3S. The fourth-order valence-corrected chi connectivity index (χ4v) is 6.61. The Kier molecular flexibility index (Phi) is 5.97. The van der Waals surface area contributed by atoms with Gasteiger partial charge in [-0.25, -0.2) is 9.78 Å². The van der Waals surface area contributed by atoms with Gasteiger partial charge in [0.1, 0.15) is 21.2 Å². The molecule has 2 aromatic carbocycles. The van der Waals surface area contributed by atoms with Crippen molar-refractivity contribution in [2.45, 2.75) is 44.6 Å². The summed E-state index contributed by atoms with van der Waals surface area (Å²) in [4.78, 5) is 34.2. The van der Waals surface area contributed by atoms with Crippen LogP contribution in [0.25, 0.3) is 10.2 Å². The number of carbonyl (C=O) groups excluding carboxylic acids is 2. The molecule has 39 heavy (non-hydrogen) atoms. The number of para-hydroxylation sites is 1. The summed E-state index contributed by atoms with van der Waals surface area (Å²) in [6.07, 6.45) is 6.06. The minimum atomic E-state index is -0.308. The van der Waals surface area contributed by atoms with Crippen LogP contribution in [0.4, 0.5) is 21.9 Å². The number of hydrogen-bond donors (Lipinski definition) is 3. The van der Waals surface area contributed by atoms with Crippen LogP contribution < -0.4 is 25.6 Å². The largest absolute Gasteiger partial charge is 0.457 e. The summed E-state index contributed by atoms with van der Waals surface area (Å²) >= 11 is 1.31. The number of thiophene rings is 1. The number of benzene rings is 2. The number of nitrogens with zero attached hydrogens (tertiary/aromatic N) is 2. The molecule has 3 aliphatic rings. The molecule has 1 atom stereocenters. The zero-order valence-corrected chi connectivity index (χ0v) is 22.4. The predicted molar refractivity (Wildman–Crippen MR) is 154 cm³/mol. The topological polar surface area (TPSA) is 95.6 Å². The lowest BCUT2D eigenvalue weighted by atomic mass is 10.1. The standard InChI is InChI=1S/C30H29N5O3S/c1-17-15-20(38-24-7-3-2-6-21(24)18-8-9-18)10-11-22(17)35-23-12-14-32-29-25(23)26(34-30(35)37)27(39-29)28(36)33-19-5-4-13-31-16-19/h2-3,6-7,10-12,14-15,18-19,31H,4-5,8-9,13,16H2,1H3,(H,33,36)(H,34,37)/t19-/m1/s1. The van der Waals surface area contributed by atoms with E-state index in [0.717, 1.165) is 54.1 Å². The van der Waals surface area contributed by atoms with Gasteiger partial charge in [-0.15, -0.1) is 11.3 Å². The van der Waals surface area contributed by atoms with E-state index in [9.17, 15) is 9.59 Å². The quantitative estimate of drug-likeness (QED) is 0.262. The number of carbonyl (C=O) groups is 2. The molecule has 2 aliphatic heterocycles. The molecule has 4 heterocycles. The molecule has 1 aliphatic carbocycles. The second-order valence-electron chi connectivity index (χ2n) is 10.5. The number of hydrogen-bond acceptors (Lipinski definition) is 6. The number of amides is 3. The number of aryl methyl sites for hydroxylation is 1. The van der Waals surface area contributed by atoms with Gasteiger partial charge in [0.15, 0.2) is 0 Å². The van der Waals surface area contributed by atoms with Crippen molar-refractivity contribution in [2.75, 3.05) is 23.3 Å². The van der Waals surface area contributed by atoms with Crippen molar-refractivity contribution >= 4 is 50.6 Å². The van der Waals surface area contributed by atoms with Crippen LogP contribution in [0, 0.1) is 6.92 Å². The number of rotatable bonds is 6. The maximum atomic E-state index is 13.5. The maximum absolute atomic E-state index is 13.5. The minimum absolute atomic E-state index is 0.0755. The lowest BCUT2D eigenvalue weighted by Gasteiger charge is -2.30. The SMILES string of the molecule is Cc1cc(Oc2ccccc2C2CC2)ccc1N1C(=O)Nc2c(C(=O)N[C@@H]3CCCNC3)sc3nccc1c23. The molecule has 8 nitrogen and oxygen atoms in total. The van der Waals surface area contributed by atoms with Crippen molar-refractivity contribution in [3.8, 4) is 11.5 Å². The smallest absolute Gasteiger partial charge is 0.331 e. The van der Waals surface area contributed by atoms with Crippen molar-refractivity contribution in [2.24, 2.45) is 0 Å². The van der Waals surface area contributed by atoms with Gasteiger partial charge in [0, 0.05) is 18.8 Å². The van der Waals surface area contributed by atoms with Gasteiger partial charge in [0.2, 0.25) is 0 Å². The minimum Gasteiger partial charge on any atom is -0.457 e. The molecule has 1 saturated carbocycles. The summed E-state index contributed by atoms with van der Waals surface area (Å²) in [7, 11) is 0. The van der Waals surface area contributed by atoms with Crippen LogP contribution in [0.15, 0.2) is 54.7 Å². The summed E-state index contributed by atoms with van der Waals surface area (Å²) in [5.74, 6) is 2.02. The van der Waals surface area contributed by atoms with E-state index in [0.29, 0.717) is 27.0 Å². The van der Waals surface area contributed by atoms with Gasteiger partial charge in [-0.1, -0.05) is 18.2 Å². The van der Waals surface area contributed by atoms with Crippen LogP contribution in [-0.4, -0.2) is 36.1 Å². The van der Waals surface area contributed by atoms with Crippen LogP contribution in [0.5, 0.6) is 11.5 Å². The first-order chi connectivity index (χ1) is 19.1. The second kappa shape index (κ2) is 9.66. The molecule has 2 fully saturated rings.